The molecule has 176 valence electrons. The zero-order chi connectivity index (χ0) is 24.1. The van der Waals surface area contributed by atoms with E-state index in [-0.39, 0.29) is 17.4 Å². The molecule has 0 aliphatic carbocycles. The van der Waals surface area contributed by atoms with E-state index in [0.29, 0.717) is 42.9 Å². The molecule has 1 aliphatic rings. The van der Waals surface area contributed by atoms with Gasteiger partial charge in [-0.1, -0.05) is 72.8 Å². The predicted molar refractivity (Wildman–Crippen MR) is 131 cm³/mol. The summed E-state index contributed by atoms with van der Waals surface area (Å²) in [6.45, 7) is 3.81. The summed E-state index contributed by atoms with van der Waals surface area (Å²) in [5, 5.41) is 0. The number of hydrogen-bond donors (Lipinski definition) is 0. The van der Waals surface area contributed by atoms with Gasteiger partial charge in [-0.2, -0.15) is 0 Å². The van der Waals surface area contributed by atoms with Crippen molar-refractivity contribution in [1.82, 2.24) is 4.90 Å². The zero-order valence-corrected chi connectivity index (χ0v) is 19.6. The number of carbonyl (C=O) groups is 2. The van der Waals surface area contributed by atoms with Crippen molar-refractivity contribution >= 4 is 11.6 Å². The fourth-order valence-corrected chi connectivity index (χ4v) is 5.09. The minimum Gasteiger partial charge on any atom is -0.383 e. The van der Waals surface area contributed by atoms with Crippen molar-refractivity contribution in [2.75, 3.05) is 33.4 Å². The van der Waals surface area contributed by atoms with Gasteiger partial charge in [-0.15, -0.1) is 0 Å². The standard InChI is InChI=1S/C29H30FNO3/c1-20-23(14-9-15-26(20)30)27-24(28(32)21-10-5-3-6-11-21)18-31(16-17-34-2)19-25(27)29(33)22-12-7-4-8-13-22/h3-15,24-25,27H,16-19H2,1-2H3/t24-,25-/m0/s1. The van der Waals surface area contributed by atoms with E-state index in [4.69, 9.17) is 4.74 Å². The van der Waals surface area contributed by atoms with Crippen molar-refractivity contribution in [3.05, 3.63) is 107 Å². The molecule has 5 heteroatoms. The maximum absolute atomic E-state index is 14.7. The van der Waals surface area contributed by atoms with Gasteiger partial charge < -0.3 is 4.74 Å². The first kappa shape index (κ1) is 24.0. The monoisotopic (exact) mass is 459 g/mol. The number of nitrogens with zero attached hydrogens (tertiary/aromatic N) is 1. The topological polar surface area (TPSA) is 46.6 Å². The number of rotatable bonds is 8. The summed E-state index contributed by atoms with van der Waals surface area (Å²) >= 11 is 0. The molecular formula is C29H30FNO3. The second-order valence-electron chi connectivity index (χ2n) is 8.91. The number of halogens is 1. The van der Waals surface area contributed by atoms with Crippen molar-refractivity contribution in [1.29, 1.82) is 0 Å². The first-order valence-corrected chi connectivity index (χ1v) is 11.7. The van der Waals surface area contributed by atoms with Crippen molar-refractivity contribution < 1.29 is 18.7 Å². The van der Waals surface area contributed by atoms with Crippen LogP contribution in [0.4, 0.5) is 4.39 Å². The van der Waals surface area contributed by atoms with Gasteiger partial charge in [-0.3, -0.25) is 14.5 Å². The van der Waals surface area contributed by atoms with Crippen LogP contribution in [0.15, 0.2) is 78.9 Å². The molecule has 0 unspecified atom stereocenters. The molecule has 1 aliphatic heterocycles. The highest BCUT2D eigenvalue weighted by Gasteiger charge is 2.45. The summed E-state index contributed by atoms with van der Waals surface area (Å²) in [6.07, 6.45) is 0. The normalized spacial score (nSPS) is 19.1. The summed E-state index contributed by atoms with van der Waals surface area (Å²) in [4.78, 5) is 29.8. The summed E-state index contributed by atoms with van der Waals surface area (Å²) < 4.78 is 20.0. The van der Waals surface area contributed by atoms with Crippen LogP contribution in [0, 0.1) is 24.6 Å². The Bertz CT molecular complexity index is 1070. The lowest BCUT2D eigenvalue weighted by molar-refractivity contribution is 0.0497. The van der Waals surface area contributed by atoms with E-state index in [9.17, 15) is 14.0 Å². The van der Waals surface area contributed by atoms with Gasteiger partial charge >= 0.3 is 0 Å². The molecule has 0 amide bonds. The van der Waals surface area contributed by atoms with Crippen LogP contribution in [-0.4, -0.2) is 49.8 Å². The van der Waals surface area contributed by atoms with Gasteiger partial charge in [0, 0.05) is 55.6 Å². The van der Waals surface area contributed by atoms with Gasteiger partial charge in [0.25, 0.3) is 0 Å². The first-order chi connectivity index (χ1) is 16.5. The van der Waals surface area contributed by atoms with E-state index in [1.165, 1.54) is 6.07 Å². The van der Waals surface area contributed by atoms with Gasteiger partial charge in [0.1, 0.15) is 5.82 Å². The van der Waals surface area contributed by atoms with Crippen LogP contribution in [0.5, 0.6) is 0 Å². The summed E-state index contributed by atoms with van der Waals surface area (Å²) in [6, 6.07) is 23.3. The Morgan fingerprint density at radius 1 is 0.853 bits per heavy atom. The number of methoxy groups -OCH3 is 1. The number of ketones is 2. The van der Waals surface area contributed by atoms with Gasteiger partial charge in [0.05, 0.1) is 6.61 Å². The van der Waals surface area contributed by atoms with Crippen LogP contribution in [0.2, 0.25) is 0 Å². The van der Waals surface area contributed by atoms with E-state index < -0.39 is 17.8 Å². The van der Waals surface area contributed by atoms with Gasteiger partial charge in [0.2, 0.25) is 0 Å². The molecule has 1 fully saturated rings. The van der Waals surface area contributed by atoms with E-state index in [1.807, 2.05) is 42.5 Å². The largest absolute Gasteiger partial charge is 0.383 e. The fraction of sp³-hybridized carbons (Fsp3) is 0.310. The Morgan fingerprint density at radius 3 is 1.88 bits per heavy atom. The number of likely N-dealkylation sites (tertiary alicyclic amines) is 1. The number of ether oxygens (including phenoxy) is 1. The second kappa shape index (κ2) is 10.9. The third-order valence-corrected chi connectivity index (χ3v) is 6.85. The fourth-order valence-electron chi connectivity index (χ4n) is 5.09. The highest BCUT2D eigenvalue weighted by molar-refractivity contribution is 6.02. The van der Waals surface area contributed by atoms with Crippen LogP contribution in [0.25, 0.3) is 0 Å². The van der Waals surface area contributed by atoms with Crippen molar-refractivity contribution in [2.45, 2.75) is 12.8 Å². The molecule has 0 aromatic heterocycles. The van der Waals surface area contributed by atoms with Crippen molar-refractivity contribution in [3.8, 4) is 0 Å². The molecule has 1 heterocycles. The maximum atomic E-state index is 14.7. The second-order valence-corrected chi connectivity index (χ2v) is 8.91. The lowest BCUT2D eigenvalue weighted by Crippen LogP contribution is -2.51. The molecular weight excluding hydrogens is 429 g/mol. The van der Waals surface area contributed by atoms with Crippen molar-refractivity contribution in [3.63, 3.8) is 0 Å². The quantitative estimate of drug-likeness (QED) is 0.436. The van der Waals surface area contributed by atoms with E-state index >= 15 is 0 Å². The van der Waals surface area contributed by atoms with Crippen LogP contribution < -0.4 is 0 Å². The molecule has 0 spiro atoms. The molecule has 0 radical (unpaired) electrons. The zero-order valence-electron chi connectivity index (χ0n) is 19.6. The Balaban J connectivity index is 1.83. The molecule has 34 heavy (non-hydrogen) atoms. The third-order valence-electron chi connectivity index (χ3n) is 6.85. The van der Waals surface area contributed by atoms with Crippen LogP contribution in [-0.2, 0) is 4.74 Å². The van der Waals surface area contributed by atoms with Gasteiger partial charge in [0.15, 0.2) is 11.6 Å². The number of benzene rings is 3. The van der Waals surface area contributed by atoms with Gasteiger partial charge in [-0.25, -0.2) is 4.39 Å². The minimum absolute atomic E-state index is 0.0257. The summed E-state index contributed by atoms with van der Waals surface area (Å²) in [5.74, 6) is -1.80. The molecule has 0 bridgehead atoms. The highest BCUT2D eigenvalue weighted by Crippen LogP contribution is 2.42. The average Bonchev–Trinajstić information content (AvgIpc) is 2.89. The predicted octanol–water partition coefficient (Wildman–Crippen LogP) is 5.18. The van der Waals surface area contributed by atoms with Crippen LogP contribution >= 0.6 is 0 Å². The molecule has 0 saturated carbocycles. The van der Waals surface area contributed by atoms with E-state index in [0.717, 1.165) is 5.56 Å². The smallest absolute Gasteiger partial charge is 0.167 e. The Labute approximate surface area is 200 Å². The molecule has 0 N–H and O–H groups in total. The number of Topliss-reactive ketones (excluding diaryl/α,β-unsaturated/α-hetero) is 2. The average molecular weight is 460 g/mol. The van der Waals surface area contributed by atoms with E-state index in [1.54, 1.807) is 44.4 Å². The molecule has 1 saturated heterocycles. The third kappa shape index (κ3) is 5.01. The number of hydrogen-bond acceptors (Lipinski definition) is 4. The molecule has 4 rings (SSSR count). The molecule has 2 atom stereocenters. The Kier molecular flexibility index (Phi) is 7.66. The minimum atomic E-state index is -0.494. The first-order valence-electron chi connectivity index (χ1n) is 11.7. The highest BCUT2D eigenvalue weighted by atomic mass is 19.1. The Morgan fingerprint density at radius 2 is 1.38 bits per heavy atom. The SMILES string of the molecule is COCCN1C[C@H](C(=O)c2ccccc2)C(c2cccc(F)c2C)[C@@H](C(=O)c2ccccc2)C1. The molecule has 3 aromatic carbocycles. The van der Waals surface area contributed by atoms with Crippen LogP contribution in [0.1, 0.15) is 37.8 Å². The summed E-state index contributed by atoms with van der Waals surface area (Å²) in [7, 11) is 1.64. The van der Waals surface area contributed by atoms with Crippen molar-refractivity contribution in [2.24, 2.45) is 11.8 Å². The summed E-state index contributed by atoms with van der Waals surface area (Å²) in [5.41, 5.74) is 2.43. The van der Waals surface area contributed by atoms with E-state index in [2.05, 4.69) is 4.90 Å². The number of carbonyl (C=O) groups excluding carboxylic acids is 2. The molecule has 3 aromatic rings. The lowest BCUT2D eigenvalue weighted by atomic mass is 9.68. The maximum Gasteiger partial charge on any atom is 0.167 e. The Hall–Kier alpha value is -3.15. The van der Waals surface area contributed by atoms with Crippen LogP contribution in [0.3, 0.4) is 0 Å². The number of piperidine rings is 1. The lowest BCUT2D eigenvalue weighted by Gasteiger charge is -2.43. The van der Waals surface area contributed by atoms with Gasteiger partial charge in [-0.05, 0) is 24.1 Å². The molecule has 4 nitrogen and oxygen atoms in total.